The molecule has 0 aliphatic carbocycles. The standard InChI is InChI=1S/C22H52N4P2/c1-11-23(12-2)27(24(13-3)14-4)21(9)19-20-22(10)28(25(15-5)16-6)26(17-7)18-8/h21-22H,11-20H2,1-10H3/t21-,22-/m1/s1. The van der Waals surface area contributed by atoms with Crippen LogP contribution in [-0.4, -0.2) is 82.4 Å². The Bertz CT molecular complexity index is 298. The summed E-state index contributed by atoms with van der Waals surface area (Å²) in [5.74, 6) is 0. The molecule has 28 heavy (non-hydrogen) atoms. The Morgan fingerprint density at radius 3 is 0.750 bits per heavy atom. The van der Waals surface area contributed by atoms with Crippen LogP contribution in [0.15, 0.2) is 0 Å². The molecule has 0 aliphatic rings. The number of hydrogen-bond acceptors (Lipinski definition) is 4. The van der Waals surface area contributed by atoms with Crippen LogP contribution in [0.4, 0.5) is 0 Å². The van der Waals surface area contributed by atoms with Crippen molar-refractivity contribution in [2.24, 2.45) is 0 Å². The Morgan fingerprint density at radius 1 is 0.429 bits per heavy atom. The second kappa shape index (κ2) is 16.4. The second-order valence-corrected chi connectivity index (χ2v) is 12.8. The lowest BCUT2D eigenvalue weighted by Gasteiger charge is -2.43. The molecule has 0 aliphatic heterocycles. The van der Waals surface area contributed by atoms with Gasteiger partial charge in [-0.15, -0.1) is 0 Å². The molecular formula is C22H52N4P2. The molecule has 0 aromatic heterocycles. The number of hydrogen-bond donors (Lipinski definition) is 0. The Morgan fingerprint density at radius 2 is 0.607 bits per heavy atom. The maximum absolute atomic E-state index is 2.73. The summed E-state index contributed by atoms with van der Waals surface area (Å²) in [5.41, 5.74) is 1.53. The van der Waals surface area contributed by atoms with E-state index in [2.05, 4.69) is 87.9 Å². The van der Waals surface area contributed by atoms with E-state index in [9.17, 15) is 0 Å². The van der Waals surface area contributed by atoms with Gasteiger partial charge in [0.05, 0.1) is 0 Å². The van der Waals surface area contributed by atoms with Gasteiger partial charge >= 0.3 is 0 Å². The number of rotatable bonds is 17. The summed E-state index contributed by atoms with van der Waals surface area (Å²) in [7, 11) is -0.395. The Kier molecular flexibility index (Phi) is 16.8. The van der Waals surface area contributed by atoms with Crippen LogP contribution in [0, 0.1) is 0 Å². The first kappa shape index (κ1) is 28.7. The van der Waals surface area contributed by atoms with E-state index in [1.165, 1.54) is 65.2 Å². The van der Waals surface area contributed by atoms with Crippen LogP contribution >= 0.6 is 16.4 Å². The molecule has 6 heteroatoms. The van der Waals surface area contributed by atoms with Crippen molar-refractivity contribution in [2.45, 2.75) is 93.4 Å². The van der Waals surface area contributed by atoms with Crippen molar-refractivity contribution in [1.29, 1.82) is 0 Å². The molecule has 0 fully saturated rings. The molecule has 0 saturated carbocycles. The van der Waals surface area contributed by atoms with Gasteiger partial charge in [0.25, 0.3) is 0 Å². The van der Waals surface area contributed by atoms with E-state index < -0.39 is 0 Å². The topological polar surface area (TPSA) is 13.0 Å². The Hall–Kier alpha value is 0.700. The summed E-state index contributed by atoms with van der Waals surface area (Å²) in [5, 5.41) is 0. The summed E-state index contributed by atoms with van der Waals surface area (Å²) >= 11 is 0. The third kappa shape index (κ3) is 8.44. The van der Waals surface area contributed by atoms with E-state index in [0.717, 1.165) is 11.3 Å². The van der Waals surface area contributed by atoms with Crippen molar-refractivity contribution in [2.75, 3.05) is 52.4 Å². The third-order valence-electron chi connectivity index (χ3n) is 5.87. The highest BCUT2D eigenvalue weighted by atomic mass is 31.1. The zero-order chi connectivity index (χ0) is 21.7. The first-order valence-corrected chi connectivity index (χ1v) is 14.6. The zero-order valence-electron chi connectivity index (χ0n) is 20.9. The predicted octanol–water partition coefficient (Wildman–Crippen LogP) is 6.53. The van der Waals surface area contributed by atoms with Crippen LogP contribution in [0.25, 0.3) is 0 Å². The van der Waals surface area contributed by atoms with Gasteiger partial charge in [0.2, 0.25) is 0 Å². The van der Waals surface area contributed by atoms with Gasteiger partial charge in [-0.3, -0.25) is 18.7 Å². The van der Waals surface area contributed by atoms with Crippen molar-refractivity contribution in [3.63, 3.8) is 0 Å². The van der Waals surface area contributed by atoms with Gasteiger partial charge in [-0.1, -0.05) is 69.2 Å². The fraction of sp³-hybridized carbons (Fsp3) is 1.00. The van der Waals surface area contributed by atoms with Gasteiger partial charge in [-0.25, -0.2) is 0 Å². The molecule has 0 rings (SSSR count). The average Bonchev–Trinajstić information content (AvgIpc) is 2.72. The molecule has 0 bridgehead atoms. The normalized spacial score (nSPS) is 15.0. The molecule has 0 heterocycles. The molecular weight excluding hydrogens is 382 g/mol. The van der Waals surface area contributed by atoms with Gasteiger partial charge in [-0.2, -0.15) is 0 Å². The van der Waals surface area contributed by atoms with Crippen LogP contribution in [0.1, 0.15) is 82.1 Å². The van der Waals surface area contributed by atoms with Crippen LogP contribution < -0.4 is 0 Å². The van der Waals surface area contributed by atoms with Gasteiger partial charge < -0.3 is 0 Å². The first-order valence-electron chi connectivity index (χ1n) is 12.0. The van der Waals surface area contributed by atoms with Crippen molar-refractivity contribution in [1.82, 2.24) is 18.7 Å². The van der Waals surface area contributed by atoms with Crippen molar-refractivity contribution in [3.8, 4) is 0 Å². The quantitative estimate of drug-likeness (QED) is 0.241. The summed E-state index contributed by atoms with van der Waals surface area (Å²) in [6.07, 6.45) is 2.70. The molecule has 0 aromatic carbocycles. The summed E-state index contributed by atoms with van der Waals surface area (Å²) in [6, 6.07) is 0. The Labute approximate surface area is 181 Å². The molecule has 0 amide bonds. The lowest BCUT2D eigenvalue weighted by molar-refractivity contribution is 0.405. The van der Waals surface area contributed by atoms with Crippen molar-refractivity contribution < 1.29 is 0 Å². The maximum Gasteiger partial charge on any atom is 0.0424 e. The third-order valence-corrected chi connectivity index (χ3v) is 12.5. The van der Waals surface area contributed by atoms with E-state index in [0.29, 0.717) is 0 Å². The molecule has 0 aromatic rings. The van der Waals surface area contributed by atoms with E-state index in [-0.39, 0.29) is 16.4 Å². The smallest absolute Gasteiger partial charge is 0.0424 e. The fourth-order valence-corrected chi connectivity index (χ4v) is 10.3. The number of nitrogens with zero attached hydrogens (tertiary/aromatic N) is 4. The lowest BCUT2D eigenvalue weighted by Crippen LogP contribution is -2.35. The van der Waals surface area contributed by atoms with Crippen molar-refractivity contribution >= 4 is 16.4 Å². The Balaban J connectivity index is 5.28. The van der Waals surface area contributed by atoms with E-state index in [4.69, 9.17) is 0 Å². The highest BCUT2D eigenvalue weighted by molar-refractivity contribution is 7.53. The molecule has 0 N–H and O–H groups in total. The van der Waals surface area contributed by atoms with Gasteiger partial charge in [0.1, 0.15) is 0 Å². The van der Waals surface area contributed by atoms with E-state index >= 15 is 0 Å². The van der Waals surface area contributed by atoms with Gasteiger partial charge in [0.15, 0.2) is 0 Å². The summed E-state index contributed by atoms with van der Waals surface area (Å²) < 4.78 is 10.9. The minimum atomic E-state index is -0.198. The highest BCUT2D eigenvalue weighted by Crippen LogP contribution is 2.53. The summed E-state index contributed by atoms with van der Waals surface area (Å²) in [6.45, 7) is 33.1. The molecule has 4 nitrogen and oxygen atoms in total. The molecule has 0 radical (unpaired) electrons. The SMILES string of the molecule is CCN(CC)P([C@H](C)CC[C@@H](C)P(N(CC)CC)N(CC)CC)N(CC)CC. The second-order valence-electron chi connectivity index (χ2n) is 7.47. The van der Waals surface area contributed by atoms with Gasteiger partial charge in [-0.05, 0) is 12.8 Å². The van der Waals surface area contributed by atoms with Crippen molar-refractivity contribution in [3.05, 3.63) is 0 Å². The highest BCUT2D eigenvalue weighted by Gasteiger charge is 2.31. The van der Waals surface area contributed by atoms with Crippen LogP contribution in [-0.2, 0) is 0 Å². The lowest BCUT2D eigenvalue weighted by atomic mass is 10.2. The van der Waals surface area contributed by atoms with Crippen LogP contribution in [0.2, 0.25) is 0 Å². The largest absolute Gasteiger partial charge is 0.270 e. The van der Waals surface area contributed by atoms with E-state index in [1.807, 2.05) is 0 Å². The summed E-state index contributed by atoms with van der Waals surface area (Å²) in [4.78, 5) is 0. The average molecular weight is 435 g/mol. The molecule has 0 spiro atoms. The predicted molar refractivity (Wildman–Crippen MR) is 134 cm³/mol. The van der Waals surface area contributed by atoms with Crippen LogP contribution in [0.5, 0.6) is 0 Å². The molecule has 170 valence electrons. The fourth-order valence-electron chi connectivity index (χ4n) is 4.24. The van der Waals surface area contributed by atoms with Crippen LogP contribution in [0.3, 0.4) is 0 Å². The molecule has 2 atom stereocenters. The molecule has 0 saturated heterocycles. The first-order chi connectivity index (χ1) is 13.4. The minimum Gasteiger partial charge on any atom is -0.270 e. The van der Waals surface area contributed by atoms with Gasteiger partial charge in [0, 0.05) is 80.1 Å². The molecule has 0 unspecified atom stereocenters. The zero-order valence-corrected chi connectivity index (χ0v) is 22.7. The van der Waals surface area contributed by atoms with E-state index in [1.54, 1.807) is 0 Å². The monoisotopic (exact) mass is 434 g/mol. The minimum absolute atomic E-state index is 0.198. The maximum atomic E-state index is 2.73.